The quantitative estimate of drug-likeness (QED) is 0.910. The van der Waals surface area contributed by atoms with Crippen LogP contribution in [0.15, 0.2) is 24.3 Å². The van der Waals surface area contributed by atoms with E-state index in [1.807, 2.05) is 24.3 Å². The molecule has 20 heavy (non-hydrogen) atoms. The second-order valence-electron chi connectivity index (χ2n) is 6.49. The van der Waals surface area contributed by atoms with E-state index in [1.54, 1.807) is 0 Å². The summed E-state index contributed by atoms with van der Waals surface area (Å²) in [5.74, 6) is 1.89. The summed E-state index contributed by atoms with van der Waals surface area (Å²) in [6.45, 7) is 3.46. The number of rotatable bonds is 4. The molecule has 0 spiro atoms. The van der Waals surface area contributed by atoms with E-state index in [-0.39, 0.29) is 6.10 Å². The molecule has 2 aliphatic rings. The number of benzene rings is 1. The summed E-state index contributed by atoms with van der Waals surface area (Å²) in [5, 5.41) is 11.0. The molecule has 0 amide bonds. The molecule has 2 bridgehead atoms. The lowest BCUT2D eigenvalue weighted by Crippen LogP contribution is -2.30. The van der Waals surface area contributed by atoms with Gasteiger partial charge in [0.15, 0.2) is 0 Å². The number of aliphatic hydroxyl groups is 1. The molecular formula is C17H24ClNO. The molecule has 3 rings (SSSR count). The van der Waals surface area contributed by atoms with Crippen molar-refractivity contribution >= 4 is 11.6 Å². The average molecular weight is 294 g/mol. The lowest BCUT2D eigenvalue weighted by molar-refractivity contribution is 0.136. The van der Waals surface area contributed by atoms with Crippen molar-refractivity contribution in [3.63, 3.8) is 0 Å². The van der Waals surface area contributed by atoms with E-state index in [0.29, 0.717) is 0 Å². The third-order valence-corrected chi connectivity index (χ3v) is 5.25. The Bertz CT molecular complexity index is 433. The molecule has 3 atom stereocenters. The first-order valence-electron chi connectivity index (χ1n) is 7.86. The maximum absolute atomic E-state index is 10.3. The third kappa shape index (κ3) is 3.55. The zero-order chi connectivity index (χ0) is 13.9. The van der Waals surface area contributed by atoms with Crippen LogP contribution in [0.3, 0.4) is 0 Å². The van der Waals surface area contributed by atoms with Crippen molar-refractivity contribution in [2.24, 2.45) is 11.8 Å². The summed E-state index contributed by atoms with van der Waals surface area (Å²) >= 11 is 5.88. The van der Waals surface area contributed by atoms with E-state index in [2.05, 4.69) is 4.90 Å². The van der Waals surface area contributed by atoms with Gasteiger partial charge < -0.3 is 10.0 Å². The first-order chi connectivity index (χ1) is 9.70. The van der Waals surface area contributed by atoms with E-state index in [9.17, 15) is 5.11 Å². The van der Waals surface area contributed by atoms with Gasteiger partial charge in [0.05, 0.1) is 6.10 Å². The van der Waals surface area contributed by atoms with Crippen molar-refractivity contribution in [2.45, 2.75) is 38.2 Å². The first-order valence-corrected chi connectivity index (χ1v) is 8.24. The second-order valence-corrected chi connectivity index (χ2v) is 6.93. The molecule has 1 aromatic carbocycles. The molecule has 1 aliphatic heterocycles. The van der Waals surface area contributed by atoms with Crippen molar-refractivity contribution in [3.8, 4) is 0 Å². The van der Waals surface area contributed by atoms with Crippen molar-refractivity contribution in [2.75, 3.05) is 19.6 Å². The minimum Gasteiger partial charge on any atom is -0.388 e. The van der Waals surface area contributed by atoms with E-state index in [4.69, 9.17) is 11.6 Å². The molecule has 1 heterocycles. The highest BCUT2D eigenvalue weighted by molar-refractivity contribution is 6.30. The highest BCUT2D eigenvalue weighted by atomic mass is 35.5. The van der Waals surface area contributed by atoms with E-state index in [1.165, 1.54) is 38.8 Å². The van der Waals surface area contributed by atoms with Gasteiger partial charge >= 0.3 is 0 Å². The summed E-state index contributed by atoms with van der Waals surface area (Å²) in [6.07, 6.45) is 6.11. The normalized spacial score (nSPS) is 28.3. The molecule has 1 aliphatic carbocycles. The fourth-order valence-corrected chi connectivity index (χ4v) is 3.91. The van der Waals surface area contributed by atoms with Gasteiger partial charge in [-0.15, -0.1) is 0 Å². The van der Waals surface area contributed by atoms with Gasteiger partial charge in [0.2, 0.25) is 0 Å². The number of fused-ring (bicyclic) bond motifs is 2. The van der Waals surface area contributed by atoms with Gasteiger partial charge in [-0.3, -0.25) is 0 Å². The van der Waals surface area contributed by atoms with Crippen LogP contribution in [0.4, 0.5) is 0 Å². The van der Waals surface area contributed by atoms with Gasteiger partial charge in [-0.1, -0.05) is 30.2 Å². The van der Waals surface area contributed by atoms with Crippen LogP contribution in [0.5, 0.6) is 0 Å². The molecule has 1 saturated heterocycles. The molecule has 1 saturated carbocycles. The van der Waals surface area contributed by atoms with E-state index >= 15 is 0 Å². The SMILES string of the molecule is O[C@H](CCN1CC[C@@H]2CC[C@@H](C2)C1)c1ccc(Cl)cc1. The van der Waals surface area contributed by atoms with Gasteiger partial charge in [-0.05, 0) is 61.8 Å². The minimum absolute atomic E-state index is 0.368. The van der Waals surface area contributed by atoms with Crippen LogP contribution in [0.2, 0.25) is 5.02 Å². The Kier molecular flexibility index (Phi) is 4.65. The fourth-order valence-electron chi connectivity index (χ4n) is 3.79. The Hall–Kier alpha value is -0.570. The summed E-state index contributed by atoms with van der Waals surface area (Å²) in [7, 11) is 0. The number of hydrogen-bond donors (Lipinski definition) is 1. The van der Waals surface area contributed by atoms with Gasteiger partial charge in [-0.25, -0.2) is 0 Å². The molecule has 0 aromatic heterocycles. The van der Waals surface area contributed by atoms with Crippen molar-refractivity contribution in [1.82, 2.24) is 4.90 Å². The molecule has 2 fully saturated rings. The topological polar surface area (TPSA) is 23.5 Å². The smallest absolute Gasteiger partial charge is 0.0802 e. The lowest BCUT2D eigenvalue weighted by atomic mass is 10.0. The summed E-state index contributed by atoms with van der Waals surface area (Å²) in [5.41, 5.74) is 0.978. The molecule has 110 valence electrons. The Morgan fingerprint density at radius 3 is 2.70 bits per heavy atom. The number of halogens is 1. The Morgan fingerprint density at radius 1 is 1.15 bits per heavy atom. The first kappa shape index (κ1) is 14.4. The Morgan fingerprint density at radius 2 is 1.90 bits per heavy atom. The molecular weight excluding hydrogens is 270 g/mol. The van der Waals surface area contributed by atoms with Crippen LogP contribution in [0.1, 0.15) is 43.8 Å². The van der Waals surface area contributed by atoms with Crippen LogP contribution in [-0.4, -0.2) is 29.6 Å². The van der Waals surface area contributed by atoms with E-state index in [0.717, 1.165) is 35.4 Å². The van der Waals surface area contributed by atoms with Crippen molar-refractivity contribution in [3.05, 3.63) is 34.9 Å². The maximum atomic E-state index is 10.3. The molecule has 0 unspecified atom stereocenters. The third-order valence-electron chi connectivity index (χ3n) is 4.99. The van der Waals surface area contributed by atoms with Gasteiger partial charge in [0.1, 0.15) is 0 Å². The van der Waals surface area contributed by atoms with Gasteiger partial charge in [0, 0.05) is 18.1 Å². The van der Waals surface area contributed by atoms with Crippen LogP contribution in [0.25, 0.3) is 0 Å². The van der Waals surface area contributed by atoms with Crippen LogP contribution in [0, 0.1) is 11.8 Å². The highest BCUT2D eigenvalue weighted by Gasteiger charge is 2.29. The maximum Gasteiger partial charge on any atom is 0.0802 e. The van der Waals surface area contributed by atoms with Gasteiger partial charge in [-0.2, -0.15) is 0 Å². The number of nitrogens with zero attached hydrogens (tertiary/aromatic N) is 1. The molecule has 0 radical (unpaired) electrons. The fraction of sp³-hybridized carbons (Fsp3) is 0.647. The van der Waals surface area contributed by atoms with Crippen LogP contribution >= 0.6 is 11.6 Å². The summed E-state index contributed by atoms with van der Waals surface area (Å²) in [6, 6.07) is 7.56. The van der Waals surface area contributed by atoms with Crippen molar-refractivity contribution < 1.29 is 5.11 Å². The predicted octanol–water partition coefficient (Wildman–Crippen LogP) is 3.89. The molecule has 2 nitrogen and oxygen atoms in total. The summed E-state index contributed by atoms with van der Waals surface area (Å²) < 4.78 is 0. The largest absolute Gasteiger partial charge is 0.388 e. The molecule has 1 aromatic rings. The van der Waals surface area contributed by atoms with E-state index < -0.39 is 0 Å². The number of likely N-dealkylation sites (tertiary alicyclic amines) is 1. The highest BCUT2D eigenvalue weighted by Crippen LogP contribution is 2.36. The lowest BCUT2D eigenvalue weighted by Gasteiger charge is -2.25. The monoisotopic (exact) mass is 293 g/mol. The average Bonchev–Trinajstić information content (AvgIpc) is 2.78. The predicted molar refractivity (Wildman–Crippen MR) is 82.9 cm³/mol. The zero-order valence-corrected chi connectivity index (χ0v) is 12.7. The zero-order valence-electron chi connectivity index (χ0n) is 12.0. The second kappa shape index (κ2) is 6.46. The summed E-state index contributed by atoms with van der Waals surface area (Å²) in [4.78, 5) is 2.56. The van der Waals surface area contributed by atoms with Crippen LogP contribution in [-0.2, 0) is 0 Å². The van der Waals surface area contributed by atoms with Gasteiger partial charge in [0.25, 0.3) is 0 Å². The Balaban J connectivity index is 1.50. The molecule has 3 heteroatoms. The Labute approximate surface area is 126 Å². The number of hydrogen-bond acceptors (Lipinski definition) is 2. The standard InChI is InChI=1S/C17H24ClNO/c18-16-5-3-15(4-6-16)17(20)8-10-19-9-7-13-1-2-14(11-13)12-19/h3-6,13-14,17,20H,1-2,7-12H2/t13-,14-,17+/m0/s1. The minimum atomic E-state index is -0.368. The van der Waals surface area contributed by atoms with Crippen LogP contribution < -0.4 is 0 Å². The molecule has 1 N–H and O–H groups in total. The van der Waals surface area contributed by atoms with Crippen molar-refractivity contribution in [1.29, 1.82) is 0 Å². The number of aliphatic hydroxyl groups excluding tert-OH is 1.